The molecule has 18 heavy (non-hydrogen) atoms. The van der Waals surface area contributed by atoms with Gasteiger partial charge in [0.25, 0.3) is 0 Å². The Hall–Kier alpha value is -1.57. The van der Waals surface area contributed by atoms with Crippen LogP contribution in [0.15, 0.2) is 54.6 Å². The van der Waals surface area contributed by atoms with Crippen LogP contribution in [0.2, 0.25) is 0 Å². The predicted octanol–water partition coefficient (Wildman–Crippen LogP) is 2.10. The minimum atomic E-state index is 0.455. The summed E-state index contributed by atoms with van der Waals surface area (Å²) in [6, 6.07) is 19.0. The van der Waals surface area contributed by atoms with Crippen LogP contribution in [0.3, 0.4) is 0 Å². The molecule has 0 atom stereocenters. The van der Waals surface area contributed by atoms with Gasteiger partial charge in [-0.2, -0.15) is 0 Å². The summed E-state index contributed by atoms with van der Waals surface area (Å²) in [4.78, 5) is 4.71. The molecule has 0 unspecified atom stereocenters. The van der Waals surface area contributed by atoms with Crippen LogP contribution in [0.4, 0.5) is 0 Å². The topological polar surface area (TPSA) is 17.8 Å². The molecule has 0 aliphatic rings. The number of hydrogen-bond donors (Lipinski definition) is 0. The second kappa shape index (κ2) is 4.97. The van der Waals surface area contributed by atoms with Gasteiger partial charge in [-0.05, 0) is 0 Å². The summed E-state index contributed by atoms with van der Waals surface area (Å²) in [5, 5.41) is 1.04. The van der Waals surface area contributed by atoms with E-state index in [0.29, 0.717) is 15.0 Å². The zero-order valence-corrected chi connectivity index (χ0v) is 11.9. The van der Waals surface area contributed by atoms with Gasteiger partial charge in [0.2, 0.25) is 0 Å². The van der Waals surface area contributed by atoms with Crippen molar-refractivity contribution in [1.82, 2.24) is 9.55 Å². The van der Waals surface area contributed by atoms with E-state index < -0.39 is 0 Å². The van der Waals surface area contributed by atoms with E-state index in [0.717, 1.165) is 10.8 Å². The van der Waals surface area contributed by atoms with Gasteiger partial charge in [-0.3, -0.25) is 0 Å². The first-order chi connectivity index (χ1) is 8.84. The van der Waals surface area contributed by atoms with Crippen LogP contribution < -0.4 is 4.46 Å². The van der Waals surface area contributed by atoms with Crippen molar-refractivity contribution in [1.29, 1.82) is 0 Å². The summed E-state index contributed by atoms with van der Waals surface area (Å²) < 4.78 is 3.64. The summed E-state index contributed by atoms with van der Waals surface area (Å²) >= 11 is 0.455. The summed E-state index contributed by atoms with van der Waals surface area (Å²) in [5.74, 6) is 1.18. The Morgan fingerprint density at radius 2 is 1.72 bits per heavy atom. The van der Waals surface area contributed by atoms with E-state index in [2.05, 4.69) is 60.1 Å². The van der Waals surface area contributed by atoms with Crippen molar-refractivity contribution < 1.29 is 0 Å². The maximum atomic E-state index is 4.71. The molecular formula is C15H14N2Se. The molecule has 0 N–H and O–H groups in total. The second-order valence-electron chi connectivity index (χ2n) is 4.18. The molecular weight excluding hydrogens is 287 g/mol. The van der Waals surface area contributed by atoms with Gasteiger partial charge in [-0.25, -0.2) is 0 Å². The fourth-order valence-electron chi connectivity index (χ4n) is 1.99. The Balaban J connectivity index is 1.85. The molecule has 0 saturated heterocycles. The zero-order chi connectivity index (χ0) is 12.4. The fraction of sp³-hybridized carbons (Fsp3) is 0.133. The van der Waals surface area contributed by atoms with Crippen molar-refractivity contribution in [2.45, 2.75) is 5.32 Å². The van der Waals surface area contributed by atoms with E-state index >= 15 is 0 Å². The molecule has 3 aromatic rings. The maximum absolute atomic E-state index is 4.71. The van der Waals surface area contributed by atoms with Gasteiger partial charge in [-0.15, -0.1) is 0 Å². The van der Waals surface area contributed by atoms with Gasteiger partial charge in [0.15, 0.2) is 0 Å². The number of nitrogens with zero attached hydrogens (tertiary/aromatic N) is 2. The van der Waals surface area contributed by atoms with Crippen LogP contribution in [0, 0.1) is 0 Å². The number of benzene rings is 2. The van der Waals surface area contributed by atoms with E-state index in [-0.39, 0.29) is 0 Å². The quantitative estimate of drug-likeness (QED) is 0.678. The number of hydrogen-bond acceptors (Lipinski definition) is 1. The molecule has 0 fully saturated rings. The Bertz CT molecular complexity index is 659. The van der Waals surface area contributed by atoms with Gasteiger partial charge >= 0.3 is 113 Å². The molecule has 3 rings (SSSR count). The molecule has 1 aromatic heterocycles. The molecule has 0 aliphatic heterocycles. The first-order valence-corrected chi connectivity index (χ1v) is 7.99. The van der Waals surface area contributed by atoms with Crippen LogP contribution in [0.1, 0.15) is 5.82 Å². The van der Waals surface area contributed by atoms with Gasteiger partial charge < -0.3 is 0 Å². The first-order valence-electron chi connectivity index (χ1n) is 5.93. The van der Waals surface area contributed by atoms with Crippen LogP contribution in [-0.4, -0.2) is 24.5 Å². The predicted molar refractivity (Wildman–Crippen MR) is 76.2 cm³/mol. The molecule has 1 heterocycles. The second-order valence-corrected chi connectivity index (χ2v) is 6.38. The van der Waals surface area contributed by atoms with Crippen molar-refractivity contribution in [2.24, 2.45) is 7.05 Å². The molecule has 2 aromatic carbocycles. The third-order valence-electron chi connectivity index (χ3n) is 2.99. The van der Waals surface area contributed by atoms with E-state index in [1.165, 1.54) is 15.8 Å². The molecule has 0 bridgehead atoms. The number of fused-ring (bicyclic) bond motifs is 1. The summed E-state index contributed by atoms with van der Waals surface area (Å²) in [6.45, 7) is 0. The Morgan fingerprint density at radius 3 is 2.50 bits per heavy atom. The van der Waals surface area contributed by atoms with E-state index in [1.54, 1.807) is 0 Å². The van der Waals surface area contributed by atoms with E-state index in [9.17, 15) is 0 Å². The minimum absolute atomic E-state index is 0.455. The van der Waals surface area contributed by atoms with Crippen molar-refractivity contribution in [2.75, 3.05) is 0 Å². The van der Waals surface area contributed by atoms with Crippen molar-refractivity contribution in [3.8, 4) is 0 Å². The molecule has 0 amide bonds. The molecule has 0 spiro atoms. The fourth-order valence-corrected chi connectivity index (χ4v) is 3.88. The van der Waals surface area contributed by atoms with E-state index in [4.69, 9.17) is 4.98 Å². The molecule has 90 valence electrons. The summed E-state index contributed by atoms with van der Waals surface area (Å²) in [7, 11) is 2.10. The molecule has 0 aliphatic carbocycles. The Morgan fingerprint density at radius 1 is 1.00 bits per heavy atom. The SMILES string of the molecule is Cn1c(C[Se]c2ccccc2)nc2ccccc21. The average Bonchev–Trinajstić information content (AvgIpc) is 2.75. The van der Waals surface area contributed by atoms with E-state index in [1.807, 2.05) is 6.07 Å². The van der Waals surface area contributed by atoms with Crippen molar-refractivity contribution >= 4 is 30.5 Å². The molecule has 2 nitrogen and oxygen atoms in total. The Labute approximate surface area is 113 Å². The van der Waals surface area contributed by atoms with Crippen LogP contribution in [-0.2, 0) is 12.4 Å². The number of aryl methyl sites for hydroxylation is 1. The number of para-hydroxylation sites is 2. The monoisotopic (exact) mass is 302 g/mol. The Kier molecular flexibility index (Phi) is 3.18. The van der Waals surface area contributed by atoms with Crippen molar-refractivity contribution in [3.05, 3.63) is 60.4 Å². The van der Waals surface area contributed by atoms with Gasteiger partial charge in [0.1, 0.15) is 0 Å². The number of aromatic nitrogens is 2. The number of rotatable bonds is 3. The zero-order valence-electron chi connectivity index (χ0n) is 10.2. The van der Waals surface area contributed by atoms with Crippen LogP contribution >= 0.6 is 0 Å². The molecule has 0 radical (unpaired) electrons. The third-order valence-corrected chi connectivity index (χ3v) is 5.11. The molecule has 0 saturated carbocycles. The van der Waals surface area contributed by atoms with Crippen LogP contribution in [0.5, 0.6) is 0 Å². The molecule has 3 heteroatoms. The standard InChI is InChI=1S/C15H14N2Se/c1-17-14-10-6-5-9-13(14)16-15(17)11-18-12-7-3-2-4-8-12/h2-10H,11H2,1H3. The van der Waals surface area contributed by atoms with Crippen LogP contribution in [0.25, 0.3) is 11.0 Å². The third kappa shape index (κ3) is 2.20. The number of imidazole rings is 1. The first kappa shape index (κ1) is 11.5. The normalized spacial score (nSPS) is 10.9. The van der Waals surface area contributed by atoms with Gasteiger partial charge in [0.05, 0.1) is 0 Å². The average molecular weight is 301 g/mol. The van der Waals surface area contributed by atoms with Gasteiger partial charge in [0, 0.05) is 0 Å². The summed E-state index contributed by atoms with van der Waals surface area (Å²) in [6.07, 6.45) is 0. The van der Waals surface area contributed by atoms with Gasteiger partial charge in [-0.1, -0.05) is 0 Å². The summed E-state index contributed by atoms with van der Waals surface area (Å²) in [5.41, 5.74) is 2.32. The van der Waals surface area contributed by atoms with Crippen molar-refractivity contribution in [3.63, 3.8) is 0 Å².